The summed E-state index contributed by atoms with van der Waals surface area (Å²) in [6.07, 6.45) is 1.48. The number of carbonyl (C=O) groups is 1. The molecule has 0 unspecified atom stereocenters. The molecule has 3 N–H and O–H groups in total. The Bertz CT molecular complexity index is 890. The summed E-state index contributed by atoms with van der Waals surface area (Å²) in [6, 6.07) is 12.5. The van der Waals surface area contributed by atoms with E-state index in [1.807, 2.05) is 24.3 Å². The Hall–Kier alpha value is -3.00. The first-order chi connectivity index (χ1) is 12.2. The molecule has 0 atom stereocenters. The molecule has 8 heteroatoms. The average Bonchev–Trinajstić information content (AvgIpc) is 3.04. The van der Waals surface area contributed by atoms with Crippen LogP contribution < -0.4 is 10.2 Å². The Morgan fingerprint density at radius 3 is 3.04 bits per heavy atom. The third kappa shape index (κ3) is 4.30. The topological polar surface area (TPSA) is 99.6 Å². The highest BCUT2D eigenvalue weighted by Crippen LogP contribution is 2.25. The number of ether oxygens (including phenoxy) is 1. The number of benzene rings is 2. The molecule has 1 heterocycles. The molecular formula is C17H16N4O3S. The summed E-state index contributed by atoms with van der Waals surface area (Å²) in [4.78, 5) is 19.4. The van der Waals surface area contributed by atoms with Crippen molar-refractivity contribution in [2.45, 2.75) is 5.16 Å². The summed E-state index contributed by atoms with van der Waals surface area (Å²) in [7, 11) is 1.47. The van der Waals surface area contributed by atoms with E-state index in [2.05, 4.69) is 20.5 Å². The number of phenolic OH excluding ortho intramolecular Hbond substituents is 1. The van der Waals surface area contributed by atoms with Crippen LogP contribution in [0.15, 0.2) is 52.7 Å². The van der Waals surface area contributed by atoms with E-state index in [0.29, 0.717) is 16.5 Å². The minimum absolute atomic E-state index is 0.0471. The van der Waals surface area contributed by atoms with Gasteiger partial charge in [0, 0.05) is 0 Å². The molecule has 0 aliphatic carbocycles. The van der Waals surface area contributed by atoms with Gasteiger partial charge in [-0.1, -0.05) is 23.9 Å². The fourth-order valence-corrected chi connectivity index (χ4v) is 2.79. The van der Waals surface area contributed by atoms with Crippen LogP contribution in [0.2, 0.25) is 0 Å². The number of nitrogens with zero attached hydrogens (tertiary/aromatic N) is 2. The van der Waals surface area contributed by atoms with Crippen LogP contribution in [0.4, 0.5) is 0 Å². The largest absolute Gasteiger partial charge is 0.504 e. The van der Waals surface area contributed by atoms with Gasteiger partial charge < -0.3 is 14.8 Å². The molecule has 0 spiro atoms. The van der Waals surface area contributed by atoms with Crippen molar-refractivity contribution < 1.29 is 14.6 Å². The molecule has 0 bridgehead atoms. The van der Waals surface area contributed by atoms with Crippen LogP contribution in [0.3, 0.4) is 0 Å². The van der Waals surface area contributed by atoms with Crippen molar-refractivity contribution in [1.82, 2.24) is 15.4 Å². The molecule has 0 saturated heterocycles. The molecule has 2 aromatic carbocycles. The smallest absolute Gasteiger partial charge is 0.250 e. The number of aromatic nitrogens is 2. The Labute approximate surface area is 148 Å². The second-order valence-electron chi connectivity index (χ2n) is 5.07. The van der Waals surface area contributed by atoms with E-state index in [1.54, 1.807) is 12.1 Å². The van der Waals surface area contributed by atoms with E-state index in [4.69, 9.17) is 4.74 Å². The third-order valence-corrected chi connectivity index (χ3v) is 4.19. The number of aromatic hydroxyl groups is 1. The highest BCUT2D eigenvalue weighted by Gasteiger charge is 2.06. The molecule has 3 rings (SSSR count). The number of amides is 1. The number of hydrogen-bond donors (Lipinski definition) is 3. The lowest BCUT2D eigenvalue weighted by atomic mass is 10.2. The van der Waals surface area contributed by atoms with E-state index in [0.717, 1.165) is 11.0 Å². The van der Waals surface area contributed by atoms with Gasteiger partial charge in [-0.3, -0.25) is 4.79 Å². The predicted molar refractivity (Wildman–Crippen MR) is 97.2 cm³/mol. The van der Waals surface area contributed by atoms with Crippen LogP contribution in [0.1, 0.15) is 5.56 Å². The van der Waals surface area contributed by atoms with Crippen LogP contribution in [-0.4, -0.2) is 40.1 Å². The fraction of sp³-hybridized carbons (Fsp3) is 0.118. The highest BCUT2D eigenvalue weighted by atomic mass is 32.2. The molecule has 3 aromatic rings. The predicted octanol–water partition coefficient (Wildman–Crippen LogP) is 2.52. The van der Waals surface area contributed by atoms with Crippen LogP contribution in [-0.2, 0) is 4.79 Å². The van der Waals surface area contributed by atoms with Gasteiger partial charge in [-0.25, -0.2) is 10.4 Å². The third-order valence-electron chi connectivity index (χ3n) is 3.31. The first-order valence-corrected chi connectivity index (χ1v) is 8.41. The first kappa shape index (κ1) is 16.8. The zero-order valence-electron chi connectivity index (χ0n) is 13.4. The second kappa shape index (κ2) is 7.71. The zero-order valence-corrected chi connectivity index (χ0v) is 14.2. The Balaban J connectivity index is 1.52. The van der Waals surface area contributed by atoms with Gasteiger partial charge in [0.25, 0.3) is 5.91 Å². The lowest BCUT2D eigenvalue weighted by Gasteiger charge is -2.03. The van der Waals surface area contributed by atoms with E-state index in [9.17, 15) is 9.90 Å². The maximum absolute atomic E-state index is 11.8. The number of methoxy groups -OCH3 is 1. The van der Waals surface area contributed by atoms with Gasteiger partial charge in [-0.05, 0) is 35.9 Å². The summed E-state index contributed by atoms with van der Waals surface area (Å²) < 4.78 is 5.01. The van der Waals surface area contributed by atoms with Crippen molar-refractivity contribution in [3.8, 4) is 11.5 Å². The van der Waals surface area contributed by atoms with Crippen molar-refractivity contribution in [2.24, 2.45) is 5.10 Å². The fourth-order valence-electron chi connectivity index (χ4n) is 2.12. The molecular weight excluding hydrogens is 340 g/mol. The Morgan fingerprint density at radius 2 is 2.24 bits per heavy atom. The van der Waals surface area contributed by atoms with Crippen LogP contribution in [0.5, 0.6) is 11.5 Å². The summed E-state index contributed by atoms with van der Waals surface area (Å²) >= 11 is 1.30. The molecule has 0 saturated carbocycles. The minimum atomic E-state index is -0.243. The van der Waals surface area contributed by atoms with E-state index in [-0.39, 0.29) is 17.4 Å². The zero-order chi connectivity index (χ0) is 17.6. The van der Waals surface area contributed by atoms with Crippen LogP contribution >= 0.6 is 11.8 Å². The number of rotatable bonds is 6. The molecule has 1 amide bonds. The van der Waals surface area contributed by atoms with Crippen molar-refractivity contribution in [3.05, 3.63) is 48.0 Å². The number of aromatic amines is 1. The van der Waals surface area contributed by atoms with E-state index >= 15 is 0 Å². The average molecular weight is 356 g/mol. The van der Waals surface area contributed by atoms with E-state index in [1.165, 1.54) is 31.2 Å². The van der Waals surface area contributed by atoms with Crippen LogP contribution in [0.25, 0.3) is 11.0 Å². The normalized spacial score (nSPS) is 11.1. The van der Waals surface area contributed by atoms with Gasteiger partial charge in [0.1, 0.15) is 0 Å². The number of para-hydroxylation sites is 2. The molecule has 0 fully saturated rings. The van der Waals surface area contributed by atoms with Gasteiger partial charge in [-0.15, -0.1) is 0 Å². The summed E-state index contributed by atoms with van der Waals surface area (Å²) in [5.41, 5.74) is 4.95. The number of hydrazone groups is 1. The molecule has 1 aromatic heterocycles. The number of imidazole rings is 1. The van der Waals surface area contributed by atoms with Crippen molar-refractivity contribution in [2.75, 3.05) is 12.9 Å². The standard InChI is InChI=1S/C17H16N4O3S/c1-24-15-8-11(6-7-14(15)22)9-18-21-16(23)10-25-17-19-12-4-2-3-5-13(12)20-17/h2-9,22H,10H2,1H3,(H,19,20)(H,21,23)/b18-9+. The number of carbonyl (C=O) groups excluding carboxylic acids is 1. The molecule has 25 heavy (non-hydrogen) atoms. The quantitative estimate of drug-likeness (QED) is 0.358. The highest BCUT2D eigenvalue weighted by molar-refractivity contribution is 7.99. The van der Waals surface area contributed by atoms with E-state index < -0.39 is 0 Å². The molecule has 0 radical (unpaired) electrons. The van der Waals surface area contributed by atoms with Gasteiger partial charge in [0.05, 0.1) is 30.1 Å². The molecule has 0 aliphatic rings. The van der Waals surface area contributed by atoms with Crippen LogP contribution in [0, 0.1) is 0 Å². The monoisotopic (exact) mass is 356 g/mol. The summed E-state index contributed by atoms with van der Waals surface area (Å²) in [5.74, 6) is 0.338. The van der Waals surface area contributed by atoms with Gasteiger partial charge >= 0.3 is 0 Å². The lowest BCUT2D eigenvalue weighted by Crippen LogP contribution is -2.19. The summed E-state index contributed by atoms with van der Waals surface area (Å²) in [6.45, 7) is 0. The first-order valence-electron chi connectivity index (χ1n) is 7.42. The SMILES string of the molecule is COc1cc(/C=N/NC(=O)CSc2nc3ccccc3[nH]2)ccc1O. The lowest BCUT2D eigenvalue weighted by molar-refractivity contribution is -0.118. The molecule has 128 valence electrons. The van der Waals surface area contributed by atoms with Crippen molar-refractivity contribution in [1.29, 1.82) is 0 Å². The maximum atomic E-state index is 11.8. The summed E-state index contributed by atoms with van der Waals surface area (Å²) in [5, 5.41) is 14.1. The minimum Gasteiger partial charge on any atom is -0.504 e. The number of fused-ring (bicyclic) bond motifs is 1. The number of nitrogens with one attached hydrogen (secondary N) is 2. The van der Waals surface area contributed by atoms with Gasteiger partial charge in [0.2, 0.25) is 0 Å². The molecule has 0 aliphatic heterocycles. The van der Waals surface area contributed by atoms with Gasteiger partial charge in [-0.2, -0.15) is 5.10 Å². The van der Waals surface area contributed by atoms with Gasteiger partial charge in [0.15, 0.2) is 16.7 Å². The number of hydrogen-bond acceptors (Lipinski definition) is 6. The molecule has 7 nitrogen and oxygen atoms in total. The maximum Gasteiger partial charge on any atom is 0.250 e. The van der Waals surface area contributed by atoms with Crippen molar-refractivity contribution in [3.63, 3.8) is 0 Å². The number of phenols is 1. The number of thioether (sulfide) groups is 1. The second-order valence-corrected chi connectivity index (χ2v) is 6.04. The Kier molecular flexibility index (Phi) is 5.20. The van der Waals surface area contributed by atoms with Crippen molar-refractivity contribution >= 4 is 34.9 Å². The number of H-pyrrole nitrogens is 1. The Morgan fingerprint density at radius 1 is 1.40 bits per heavy atom.